The maximum absolute atomic E-state index is 4.59. The minimum absolute atomic E-state index is 0.493. The van der Waals surface area contributed by atoms with Crippen LogP contribution in [0.5, 0.6) is 0 Å². The van der Waals surface area contributed by atoms with Gasteiger partial charge in [0, 0.05) is 23.7 Å². The molecule has 1 aromatic carbocycles. The van der Waals surface area contributed by atoms with E-state index in [1.807, 2.05) is 12.4 Å². The van der Waals surface area contributed by atoms with Gasteiger partial charge in [0.05, 0.1) is 0 Å². The molecule has 102 valence electrons. The summed E-state index contributed by atoms with van der Waals surface area (Å²) in [5.74, 6) is 1.53. The molecule has 3 rings (SSSR count). The van der Waals surface area contributed by atoms with Crippen LogP contribution in [0.1, 0.15) is 38.2 Å². The number of nitrogens with zero attached hydrogens (tertiary/aromatic N) is 2. The van der Waals surface area contributed by atoms with Gasteiger partial charge in [-0.3, -0.25) is 0 Å². The van der Waals surface area contributed by atoms with Crippen molar-refractivity contribution in [2.24, 2.45) is 0 Å². The molecule has 2 aromatic rings. The van der Waals surface area contributed by atoms with Crippen LogP contribution in [0, 0.1) is 0 Å². The molecule has 1 aromatic heterocycles. The zero-order chi connectivity index (χ0) is 13.9. The topological polar surface area (TPSA) is 17.8 Å². The normalized spacial score (nSPS) is 14.7. The van der Waals surface area contributed by atoms with Crippen molar-refractivity contribution in [3.05, 3.63) is 60.5 Å². The minimum Gasteiger partial charge on any atom is -0.300 e. The number of allylic oxidation sites excluding steroid dienone is 4. The van der Waals surface area contributed by atoms with Crippen LogP contribution in [0.3, 0.4) is 0 Å². The van der Waals surface area contributed by atoms with Gasteiger partial charge in [0.1, 0.15) is 5.82 Å². The van der Waals surface area contributed by atoms with Gasteiger partial charge in [-0.25, -0.2) is 4.98 Å². The van der Waals surface area contributed by atoms with Crippen LogP contribution in [0.4, 0.5) is 0 Å². The molecule has 0 bridgehead atoms. The molecular weight excluding hydrogens is 244 g/mol. The Morgan fingerprint density at radius 3 is 2.75 bits per heavy atom. The van der Waals surface area contributed by atoms with Gasteiger partial charge < -0.3 is 4.57 Å². The third kappa shape index (κ3) is 2.34. The lowest BCUT2D eigenvalue weighted by atomic mass is 9.96. The Bertz CT molecular complexity index is 660. The maximum Gasteiger partial charge on any atom is 0.144 e. The van der Waals surface area contributed by atoms with E-state index in [1.165, 1.54) is 16.8 Å². The van der Waals surface area contributed by atoms with Crippen LogP contribution < -0.4 is 0 Å². The third-order valence-corrected chi connectivity index (χ3v) is 3.72. The Hall–Kier alpha value is -2.09. The molecule has 1 aliphatic carbocycles. The van der Waals surface area contributed by atoms with Crippen molar-refractivity contribution in [1.82, 2.24) is 9.55 Å². The molecular formula is C18H20N2. The van der Waals surface area contributed by atoms with Gasteiger partial charge in [0.25, 0.3) is 0 Å². The summed E-state index contributed by atoms with van der Waals surface area (Å²) in [6, 6.07) is 8.56. The summed E-state index contributed by atoms with van der Waals surface area (Å²) in [6.07, 6.45) is 12.9. The second-order valence-corrected chi connectivity index (χ2v) is 5.47. The summed E-state index contributed by atoms with van der Waals surface area (Å²) in [6.45, 7) is 4.46. The van der Waals surface area contributed by atoms with E-state index in [9.17, 15) is 0 Å². The van der Waals surface area contributed by atoms with Crippen LogP contribution >= 0.6 is 0 Å². The summed E-state index contributed by atoms with van der Waals surface area (Å²) < 4.78 is 2.19. The number of hydrogen-bond donors (Lipinski definition) is 0. The van der Waals surface area contributed by atoms with Crippen molar-refractivity contribution in [3.63, 3.8) is 0 Å². The molecule has 0 atom stereocenters. The van der Waals surface area contributed by atoms with Gasteiger partial charge in [-0.1, -0.05) is 50.3 Å². The first kappa shape index (κ1) is 12.9. The predicted octanol–water partition coefficient (Wildman–Crippen LogP) is 4.86. The Labute approximate surface area is 120 Å². The largest absolute Gasteiger partial charge is 0.300 e. The number of hydrogen-bond acceptors (Lipinski definition) is 1. The van der Waals surface area contributed by atoms with Crippen molar-refractivity contribution in [3.8, 4) is 11.4 Å². The molecule has 1 heterocycles. The highest BCUT2D eigenvalue weighted by Crippen LogP contribution is 2.30. The van der Waals surface area contributed by atoms with Gasteiger partial charge in [-0.15, -0.1) is 0 Å². The van der Waals surface area contributed by atoms with Gasteiger partial charge in [0.2, 0.25) is 0 Å². The lowest BCUT2D eigenvalue weighted by Gasteiger charge is -2.15. The number of benzene rings is 1. The molecule has 0 N–H and O–H groups in total. The average Bonchev–Trinajstić information content (AvgIpc) is 2.97. The summed E-state index contributed by atoms with van der Waals surface area (Å²) in [5.41, 5.74) is 3.80. The van der Waals surface area contributed by atoms with E-state index in [0.29, 0.717) is 5.92 Å². The highest BCUT2D eigenvalue weighted by Gasteiger charge is 2.14. The molecule has 20 heavy (non-hydrogen) atoms. The van der Waals surface area contributed by atoms with Crippen LogP contribution in [-0.2, 0) is 0 Å². The maximum atomic E-state index is 4.59. The van der Waals surface area contributed by atoms with Crippen molar-refractivity contribution < 1.29 is 0 Å². The monoisotopic (exact) mass is 264 g/mol. The molecule has 0 spiro atoms. The first-order valence-electron chi connectivity index (χ1n) is 7.27. The lowest BCUT2D eigenvalue weighted by molar-refractivity contribution is 0.865. The quantitative estimate of drug-likeness (QED) is 0.773. The van der Waals surface area contributed by atoms with Gasteiger partial charge in [-0.2, -0.15) is 0 Å². The van der Waals surface area contributed by atoms with Crippen LogP contribution in [0.2, 0.25) is 0 Å². The average molecular weight is 264 g/mol. The molecule has 0 aliphatic heterocycles. The zero-order valence-corrected chi connectivity index (χ0v) is 12.1. The number of aromatic nitrogens is 2. The van der Waals surface area contributed by atoms with Crippen LogP contribution in [-0.4, -0.2) is 9.55 Å². The van der Waals surface area contributed by atoms with Gasteiger partial charge >= 0.3 is 0 Å². The molecule has 2 nitrogen and oxygen atoms in total. The molecule has 0 fully saturated rings. The summed E-state index contributed by atoms with van der Waals surface area (Å²) in [7, 11) is 0. The Morgan fingerprint density at radius 1 is 1.15 bits per heavy atom. The molecule has 0 saturated carbocycles. The number of rotatable bonds is 3. The fourth-order valence-corrected chi connectivity index (χ4v) is 2.69. The van der Waals surface area contributed by atoms with Crippen molar-refractivity contribution in [2.75, 3.05) is 0 Å². The second kappa shape index (κ2) is 5.49. The first-order chi connectivity index (χ1) is 9.77. The Morgan fingerprint density at radius 2 is 2.00 bits per heavy atom. The summed E-state index contributed by atoms with van der Waals surface area (Å²) in [5, 5.41) is 0. The van der Waals surface area contributed by atoms with Gasteiger partial charge in [0.15, 0.2) is 0 Å². The smallest absolute Gasteiger partial charge is 0.144 e. The summed E-state index contributed by atoms with van der Waals surface area (Å²) >= 11 is 0. The van der Waals surface area contributed by atoms with E-state index in [0.717, 1.165) is 18.7 Å². The Balaban J connectivity index is 2.11. The van der Waals surface area contributed by atoms with E-state index < -0.39 is 0 Å². The fraction of sp³-hybridized carbons (Fsp3) is 0.278. The second-order valence-electron chi connectivity index (χ2n) is 5.47. The zero-order valence-electron chi connectivity index (χ0n) is 12.1. The van der Waals surface area contributed by atoms with E-state index >= 15 is 0 Å². The molecule has 0 amide bonds. The van der Waals surface area contributed by atoms with Crippen molar-refractivity contribution in [1.29, 1.82) is 0 Å². The highest BCUT2D eigenvalue weighted by atomic mass is 15.1. The molecule has 0 saturated heterocycles. The molecule has 0 unspecified atom stereocenters. The van der Waals surface area contributed by atoms with E-state index in [2.05, 4.69) is 65.9 Å². The Kier molecular flexibility index (Phi) is 3.55. The molecule has 0 radical (unpaired) electrons. The van der Waals surface area contributed by atoms with Crippen LogP contribution in [0.15, 0.2) is 54.9 Å². The molecule has 1 aliphatic rings. The van der Waals surface area contributed by atoms with E-state index in [1.54, 1.807) is 0 Å². The lowest BCUT2D eigenvalue weighted by Crippen LogP contribution is -2.01. The SMILES string of the molecule is CC(C)c1ccccc1-c1nccn1C1=CCCC=C1. The fourth-order valence-electron chi connectivity index (χ4n) is 2.69. The highest BCUT2D eigenvalue weighted by molar-refractivity contribution is 5.69. The standard InChI is InChI=1S/C18H20N2/c1-14(2)16-10-6-7-11-17(16)18-19-12-13-20(18)15-8-4-3-5-9-15/h4,6-14H,3,5H2,1-2H3. The van der Waals surface area contributed by atoms with Crippen molar-refractivity contribution in [2.45, 2.75) is 32.6 Å². The van der Waals surface area contributed by atoms with Gasteiger partial charge in [-0.05, 0) is 30.4 Å². The predicted molar refractivity (Wildman–Crippen MR) is 84.4 cm³/mol. The van der Waals surface area contributed by atoms with E-state index in [4.69, 9.17) is 0 Å². The van der Waals surface area contributed by atoms with E-state index in [-0.39, 0.29) is 0 Å². The van der Waals surface area contributed by atoms with Crippen LogP contribution in [0.25, 0.3) is 17.1 Å². The number of imidazole rings is 1. The minimum atomic E-state index is 0.493. The molecule has 2 heteroatoms. The summed E-state index contributed by atoms with van der Waals surface area (Å²) in [4.78, 5) is 4.59. The third-order valence-electron chi connectivity index (χ3n) is 3.72. The first-order valence-corrected chi connectivity index (χ1v) is 7.27. The van der Waals surface area contributed by atoms with Crippen molar-refractivity contribution >= 4 is 5.70 Å².